The summed E-state index contributed by atoms with van der Waals surface area (Å²) >= 11 is 0. The fourth-order valence-corrected chi connectivity index (χ4v) is 3.15. The second-order valence-corrected chi connectivity index (χ2v) is 6.75. The van der Waals surface area contributed by atoms with Crippen LogP contribution in [0, 0.1) is 5.82 Å². The molecule has 0 saturated carbocycles. The van der Waals surface area contributed by atoms with Crippen LogP contribution in [0.2, 0.25) is 0 Å². The number of anilines is 1. The molecule has 1 amide bonds. The maximum Gasteiger partial charge on any atom is 0.279 e. The summed E-state index contributed by atoms with van der Waals surface area (Å²) in [5.74, 6) is 0.697. The van der Waals surface area contributed by atoms with E-state index in [1.165, 1.54) is 32.4 Å². The van der Waals surface area contributed by atoms with Crippen LogP contribution in [0.4, 0.5) is 10.1 Å². The van der Waals surface area contributed by atoms with E-state index in [1.807, 2.05) is 6.92 Å². The number of hydrogen-bond acceptors (Lipinski definition) is 5. The normalized spacial score (nSPS) is 11.9. The van der Waals surface area contributed by atoms with E-state index in [9.17, 15) is 14.0 Å². The number of hydrogen-bond donors (Lipinski definition) is 3. The van der Waals surface area contributed by atoms with Gasteiger partial charge in [-0.25, -0.2) is 9.37 Å². The first-order valence-corrected chi connectivity index (χ1v) is 9.47. The molecule has 9 heteroatoms. The third-order valence-corrected chi connectivity index (χ3v) is 4.70. The number of benzene rings is 2. The Morgan fingerprint density at radius 2 is 1.93 bits per heavy atom. The number of quaternary nitrogens is 1. The number of aromatic nitrogens is 2. The van der Waals surface area contributed by atoms with E-state index in [-0.39, 0.29) is 18.0 Å². The van der Waals surface area contributed by atoms with Crippen molar-refractivity contribution in [2.45, 2.75) is 13.5 Å². The molecule has 2 aromatic carbocycles. The Morgan fingerprint density at radius 3 is 2.60 bits per heavy atom. The predicted molar refractivity (Wildman–Crippen MR) is 111 cm³/mol. The molecule has 3 aromatic rings. The number of carbonyl (C=O) groups is 1. The number of rotatable bonds is 8. The lowest BCUT2D eigenvalue weighted by atomic mass is 10.2. The van der Waals surface area contributed by atoms with E-state index >= 15 is 0 Å². The van der Waals surface area contributed by atoms with Crippen LogP contribution in [0.3, 0.4) is 0 Å². The summed E-state index contributed by atoms with van der Waals surface area (Å²) in [5, 5.41) is 3.07. The number of carbonyl (C=O) groups excluding carboxylic acids is 1. The molecule has 0 fully saturated rings. The van der Waals surface area contributed by atoms with Crippen LogP contribution in [-0.4, -0.2) is 43.2 Å². The van der Waals surface area contributed by atoms with E-state index in [1.54, 1.807) is 18.2 Å². The van der Waals surface area contributed by atoms with E-state index in [0.29, 0.717) is 47.0 Å². The Balaban J connectivity index is 1.77. The van der Waals surface area contributed by atoms with Crippen LogP contribution >= 0.6 is 0 Å². The van der Waals surface area contributed by atoms with Crippen molar-refractivity contribution in [1.82, 2.24) is 9.97 Å². The molecule has 0 aliphatic rings. The molecule has 0 aliphatic carbocycles. The summed E-state index contributed by atoms with van der Waals surface area (Å²) in [5.41, 5.74) is 0.579. The van der Waals surface area contributed by atoms with E-state index in [4.69, 9.17) is 9.47 Å². The van der Waals surface area contributed by atoms with E-state index < -0.39 is 5.82 Å². The van der Waals surface area contributed by atoms with Gasteiger partial charge in [-0.05, 0) is 31.2 Å². The minimum absolute atomic E-state index is 0.140. The first-order valence-electron chi connectivity index (χ1n) is 9.47. The standard InChI is InChI=1S/C21H23FN4O4/c1-4-26(12-20(27)23-14-7-5-6-13(22)8-14)11-19-24-16-10-18(30-3)17(29-2)9-15(16)21(28)25-19/h5-10H,4,11-12H2,1-3H3,(H,23,27)(H,24,25,28)/p+1. The van der Waals surface area contributed by atoms with Crippen LogP contribution in [0.5, 0.6) is 11.5 Å². The molecule has 0 bridgehead atoms. The highest BCUT2D eigenvalue weighted by Crippen LogP contribution is 2.29. The lowest BCUT2D eigenvalue weighted by molar-refractivity contribution is -0.904. The van der Waals surface area contributed by atoms with Crippen molar-refractivity contribution < 1.29 is 23.6 Å². The number of methoxy groups -OCH3 is 2. The Morgan fingerprint density at radius 1 is 1.20 bits per heavy atom. The number of aromatic amines is 1. The van der Waals surface area contributed by atoms with Crippen molar-refractivity contribution >= 4 is 22.5 Å². The summed E-state index contributed by atoms with van der Waals surface area (Å²) in [7, 11) is 3.01. The van der Waals surface area contributed by atoms with Gasteiger partial charge >= 0.3 is 0 Å². The van der Waals surface area contributed by atoms with E-state index in [0.717, 1.165) is 4.90 Å². The minimum Gasteiger partial charge on any atom is -0.493 e. The van der Waals surface area contributed by atoms with Gasteiger partial charge in [0, 0.05) is 11.8 Å². The number of fused-ring (bicyclic) bond motifs is 1. The van der Waals surface area contributed by atoms with Gasteiger partial charge in [0.1, 0.15) is 12.4 Å². The molecule has 3 rings (SSSR count). The smallest absolute Gasteiger partial charge is 0.279 e. The number of halogens is 1. The molecule has 158 valence electrons. The summed E-state index contributed by atoms with van der Waals surface area (Å²) in [6.45, 7) is 3.04. The maximum atomic E-state index is 13.3. The van der Waals surface area contributed by atoms with Gasteiger partial charge in [0.2, 0.25) is 0 Å². The molecule has 1 atom stereocenters. The second kappa shape index (κ2) is 9.36. The SMILES string of the molecule is CC[NH+](CC(=O)Nc1cccc(F)c1)Cc1nc2cc(OC)c(OC)cc2c(=O)[nH]1. The predicted octanol–water partition coefficient (Wildman–Crippen LogP) is 1.12. The average molecular weight is 415 g/mol. The second-order valence-electron chi connectivity index (χ2n) is 6.75. The summed E-state index contributed by atoms with van der Waals surface area (Å²) in [6, 6.07) is 8.95. The monoisotopic (exact) mass is 415 g/mol. The van der Waals surface area contributed by atoms with Crippen LogP contribution in [0.15, 0.2) is 41.2 Å². The van der Waals surface area contributed by atoms with Crippen LogP contribution in [0.1, 0.15) is 12.7 Å². The van der Waals surface area contributed by atoms with Gasteiger partial charge in [-0.1, -0.05) is 6.07 Å². The third-order valence-electron chi connectivity index (χ3n) is 4.70. The molecule has 3 N–H and O–H groups in total. The third kappa shape index (κ3) is 4.93. The van der Waals surface area contributed by atoms with Gasteiger partial charge in [-0.15, -0.1) is 0 Å². The molecule has 8 nitrogen and oxygen atoms in total. The number of amides is 1. The molecular formula is C21H24FN4O4+. The Kier molecular flexibility index (Phi) is 6.63. The Bertz CT molecular complexity index is 1120. The molecule has 0 saturated heterocycles. The van der Waals surface area contributed by atoms with Gasteiger partial charge in [0.15, 0.2) is 23.9 Å². The fourth-order valence-electron chi connectivity index (χ4n) is 3.15. The average Bonchev–Trinajstić information content (AvgIpc) is 2.72. The van der Waals surface area contributed by atoms with Gasteiger partial charge in [-0.2, -0.15) is 0 Å². The number of nitrogens with one attached hydrogen (secondary N) is 3. The van der Waals surface area contributed by atoms with Crippen molar-refractivity contribution in [1.29, 1.82) is 0 Å². The zero-order valence-electron chi connectivity index (χ0n) is 17.0. The first kappa shape index (κ1) is 21.3. The zero-order valence-corrected chi connectivity index (χ0v) is 17.0. The van der Waals surface area contributed by atoms with Crippen molar-refractivity contribution in [2.24, 2.45) is 0 Å². The molecule has 0 spiro atoms. The Labute approximate surface area is 172 Å². The van der Waals surface area contributed by atoms with Crippen molar-refractivity contribution in [3.05, 3.63) is 58.4 Å². The largest absolute Gasteiger partial charge is 0.493 e. The molecule has 0 aliphatic heterocycles. The summed E-state index contributed by atoms with van der Waals surface area (Å²) in [4.78, 5) is 33.0. The number of H-pyrrole nitrogens is 1. The van der Waals surface area contributed by atoms with Gasteiger partial charge in [0.05, 0.1) is 31.7 Å². The van der Waals surface area contributed by atoms with Crippen molar-refractivity contribution in [3.8, 4) is 11.5 Å². The van der Waals surface area contributed by atoms with Crippen LogP contribution < -0.4 is 25.2 Å². The lowest BCUT2D eigenvalue weighted by Gasteiger charge is -2.17. The molecule has 30 heavy (non-hydrogen) atoms. The number of nitrogens with zero attached hydrogens (tertiary/aromatic N) is 1. The number of likely N-dealkylation sites (N-methyl/N-ethyl adjacent to an activating group) is 1. The molecular weight excluding hydrogens is 391 g/mol. The van der Waals surface area contributed by atoms with E-state index in [2.05, 4.69) is 15.3 Å². The lowest BCUT2D eigenvalue weighted by Crippen LogP contribution is -3.11. The van der Waals surface area contributed by atoms with Gasteiger partial charge < -0.3 is 24.7 Å². The number of ether oxygens (including phenoxy) is 2. The van der Waals surface area contributed by atoms with Gasteiger partial charge in [-0.3, -0.25) is 9.59 Å². The topological polar surface area (TPSA) is 97.8 Å². The fraction of sp³-hybridized carbons (Fsp3) is 0.286. The van der Waals surface area contributed by atoms with Gasteiger partial charge in [0.25, 0.3) is 11.5 Å². The maximum absolute atomic E-state index is 13.3. The first-order chi connectivity index (χ1) is 14.4. The van der Waals surface area contributed by atoms with Crippen molar-refractivity contribution in [2.75, 3.05) is 32.6 Å². The zero-order chi connectivity index (χ0) is 21.7. The minimum atomic E-state index is -0.419. The molecule has 1 heterocycles. The highest BCUT2D eigenvalue weighted by atomic mass is 19.1. The highest BCUT2D eigenvalue weighted by molar-refractivity contribution is 5.91. The van der Waals surface area contributed by atoms with Crippen molar-refractivity contribution in [3.63, 3.8) is 0 Å². The van der Waals surface area contributed by atoms with Crippen LogP contribution in [-0.2, 0) is 11.3 Å². The quantitative estimate of drug-likeness (QED) is 0.512. The molecule has 0 radical (unpaired) electrons. The Hall–Kier alpha value is -3.46. The van der Waals surface area contributed by atoms with Crippen LogP contribution in [0.25, 0.3) is 10.9 Å². The summed E-state index contributed by atoms with van der Waals surface area (Å²) < 4.78 is 23.8. The highest BCUT2D eigenvalue weighted by Gasteiger charge is 2.17. The molecule has 1 unspecified atom stereocenters. The summed E-state index contributed by atoms with van der Waals surface area (Å²) in [6.07, 6.45) is 0. The molecule has 1 aromatic heterocycles.